The molecule has 0 aromatic carbocycles. The summed E-state index contributed by atoms with van der Waals surface area (Å²) in [6.07, 6.45) is 18.4. The van der Waals surface area contributed by atoms with Crippen LogP contribution in [0.15, 0.2) is 60.8 Å². The van der Waals surface area contributed by atoms with Crippen LogP contribution in [0.25, 0.3) is 0 Å². The summed E-state index contributed by atoms with van der Waals surface area (Å²) in [7, 11) is 0. The number of hydrogen-bond acceptors (Lipinski definition) is 5. The number of carbonyl (C=O) groups excluding carboxylic acids is 1. The molecule has 0 aromatic heterocycles. The van der Waals surface area contributed by atoms with Gasteiger partial charge in [0.2, 0.25) is 0 Å². The quantitative estimate of drug-likeness (QED) is 0.447. The van der Waals surface area contributed by atoms with Gasteiger partial charge in [0.15, 0.2) is 0 Å². The fourth-order valence-corrected chi connectivity index (χ4v) is 2.54. The van der Waals surface area contributed by atoms with E-state index in [1.165, 1.54) is 6.08 Å². The minimum Gasteiger partial charge on any atom is -0.460 e. The molecule has 0 unspecified atom stereocenters. The molecule has 5 heteroatoms. The third-order valence-electron chi connectivity index (χ3n) is 4.02. The molecule has 0 bridgehead atoms. The van der Waals surface area contributed by atoms with Crippen molar-refractivity contribution in [2.75, 3.05) is 0 Å². The summed E-state index contributed by atoms with van der Waals surface area (Å²) < 4.78 is 5.28. The molecule has 27 heavy (non-hydrogen) atoms. The number of aliphatic hydroxyl groups is 3. The van der Waals surface area contributed by atoms with E-state index in [4.69, 9.17) is 4.74 Å². The zero-order valence-electron chi connectivity index (χ0n) is 16.0. The van der Waals surface area contributed by atoms with Crippen molar-refractivity contribution in [3.05, 3.63) is 60.8 Å². The van der Waals surface area contributed by atoms with Gasteiger partial charge in [-0.3, -0.25) is 0 Å². The molecule has 5 nitrogen and oxygen atoms in total. The van der Waals surface area contributed by atoms with Crippen LogP contribution in [0.5, 0.6) is 0 Å². The first kappa shape index (κ1) is 23.1. The molecule has 0 saturated carbocycles. The van der Waals surface area contributed by atoms with Gasteiger partial charge in [-0.25, -0.2) is 4.79 Å². The molecule has 1 aliphatic rings. The molecule has 0 radical (unpaired) electrons. The lowest BCUT2D eigenvalue weighted by atomic mass is 10.1. The zero-order chi connectivity index (χ0) is 19.9. The summed E-state index contributed by atoms with van der Waals surface area (Å²) >= 11 is 0. The van der Waals surface area contributed by atoms with E-state index in [0.29, 0.717) is 12.8 Å². The lowest BCUT2D eigenvalue weighted by Crippen LogP contribution is -2.15. The van der Waals surface area contributed by atoms with Crippen molar-refractivity contribution >= 4 is 5.97 Å². The van der Waals surface area contributed by atoms with Gasteiger partial charge in [0.05, 0.1) is 24.4 Å². The van der Waals surface area contributed by atoms with Gasteiger partial charge < -0.3 is 20.1 Å². The fourth-order valence-electron chi connectivity index (χ4n) is 2.54. The van der Waals surface area contributed by atoms with Crippen molar-refractivity contribution in [1.29, 1.82) is 0 Å². The molecule has 1 heterocycles. The number of hydrogen-bond donors (Lipinski definition) is 3. The highest BCUT2D eigenvalue weighted by Crippen LogP contribution is 2.09. The van der Waals surface area contributed by atoms with Crippen LogP contribution in [0.1, 0.15) is 45.4 Å². The first-order valence-electron chi connectivity index (χ1n) is 9.55. The topological polar surface area (TPSA) is 87.0 Å². The van der Waals surface area contributed by atoms with Crippen LogP contribution in [0, 0.1) is 0 Å². The molecular weight excluding hydrogens is 344 g/mol. The monoisotopic (exact) mass is 376 g/mol. The lowest BCUT2D eigenvalue weighted by Gasteiger charge is -2.12. The van der Waals surface area contributed by atoms with Crippen molar-refractivity contribution in [3.63, 3.8) is 0 Å². The summed E-state index contributed by atoms with van der Waals surface area (Å²) in [5.41, 5.74) is 0. The summed E-state index contributed by atoms with van der Waals surface area (Å²) in [5.74, 6) is -0.389. The Morgan fingerprint density at radius 1 is 0.926 bits per heavy atom. The van der Waals surface area contributed by atoms with E-state index in [-0.39, 0.29) is 18.5 Å². The van der Waals surface area contributed by atoms with Gasteiger partial charge in [-0.15, -0.1) is 0 Å². The van der Waals surface area contributed by atoms with Crippen LogP contribution in [-0.2, 0) is 9.53 Å². The molecule has 1 rings (SSSR count). The van der Waals surface area contributed by atoms with Gasteiger partial charge in [-0.05, 0) is 39.0 Å². The molecule has 0 aliphatic carbocycles. The second-order valence-corrected chi connectivity index (χ2v) is 6.70. The molecule has 0 amide bonds. The van der Waals surface area contributed by atoms with Gasteiger partial charge in [0, 0.05) is 12.5 Å². The van der Waals surface area contributed by atoms with Gasteiger partial charge >= 0.3 is 5.97 Å². The number of esters is 1. The Hall–Kier alpha value is -1.95. The van der Waals surface area contributed by atoms with Crippen LogP contribution < -0.4 is 0 Å². The SMILES string of the molecule is C[C@H]1CCC/C=C/[C@@H](O)C[C@H](O)C/C=C\C=C\[C@@H](O)C/C=C/C=C\C(=O)O1. The van der Waals surface area contributed by atoms with E-state index in [9.17, 15) is 20.1 Å². The zero-order valence-corrected chi connectivity index (χ0v) is 16.0. The van der Waals surface area contributed by atoms with Gasteiger partial charge in [-0.1, -0.05) is 54.7 Å². The van der Waals surface area contributed by atoms with Gasteiger partial charge in [0.25, 0.3) is 0 Å². The minimum absolute atomic E-state index is 0.178. The third-order valence-corrected chi connectivity index (χ3v) is 4.02. The number of cyclic esters (lactones) is 1. The maximum Gasteiger partial charge on any atom is 0.331 e. The molecule has 0 fully saturated rings. The van der Waals surface area contributed by atoms with Crippen molar-refractivity contribution in [1.82, 2.24) is 0 Å². The summed E-state index contributed by atoms with van der Waals surface area (Å²) in [4.78, 5) is 11.7. The Bertz CT molecular complexity index is 559. The van der Waals surface area contributed by atoms with Crippen molar-refractivity contribution in [3.8, 4) is 0 Å². The van der Waals surface area contributed by atoms with E-state index < -0.39 is 18.3 Å². The van der Waals surface area contributed by atoms with Crippen molar-refractivity contribution in [2.45, 2.75) is 69.9 Å². The molecule has 3 N–H and O–H groups in total. The Morgan fingerprint density at radius 3 is 2.48 bits per heavy atom. The Morgan fingerprint density at radius 2 is 1.67 bits per heavy atom. The van der Waals surface area contributed by atoms with E-state index in [0.717, 1.165) is 19.3 Å². The highest BCUT2D eigenvalue weighted by molar-refractivity contribution is 5.82. The molecule has 0 spiro atoms. The standard InChI is InChI=1S/C22H32O5/c1-18-11-5-2-8-14-20(24)17-21(25)15-9-3-6-12-19(23)13-7-4-10-16-22(26)27-18/h3-4,6-10,12,14,16,18-21,23-25H,2,5,11,13,15,17H2,1H3/b7-4+,9-3-,12-6+,14-8+,16-10-/t18-,19+,20+,21+/m0/s1. The lowest BCUT2D eigenvalue weighted by molar-refractivity contribution is -0.142. The average molecular weight is 376 g/mol. The number of rotatable bonds is 0. The number of ether oxygens (including phenoxy) is 1. The molecule has 0 saturated heterocycles. The molecule has 4 atom stereocenters. The van der Waals surface area contributed by atoms with Crippen molar-refractivity contribution < 1.29 is 24.9 Å². The van der Waals surface area contributed by atoms with E-state index in [1.54, 1.807) is 42.5 Å². The van der Waals surface area contributed by atoms with Crippen LogP contribution in [-0.4, -0.2) is 45.7 Å². The Labute approximate surface area is 162 Å². The summed E-state index contributed by atoms with van der Waals surface area (Å²) in [5, 5.41) is 29.7. The molecule has 150 valence electrons. The Balaban J connectivity index is 2.65. The first-order valence-corrected chi connectivity index (χ1v) is 9.55. The fraction of sp³-hybridized carbons (Fsp3) is 0.500. The van der Waals surface area contributed by atoms with Crippen LogP contribution in [0.4, 0.5) is 0 Å². The van der Waals surface area contributed by atoms with E-state index in [1.807, 2.05) is 19.1 Å². The maximum atomic E-state index is 11.7. The highest BCUT2D eigenvalue weighted by atomic mass is 16.5. The third kappa shape index (κ3) is 12.9. The highest BCUT2D eigenvalue weighted by Gasteiger charge is 2.08. The predicted molar refractivity (Wildman–Crippen MR) is 107 cm³/mol. The number of aliphatic hydroxyl groups excluding tert-OH is 3. The molecular formula is C22H32O5. The minimum atomic E-state index is -0.684. The molecule has 1 aliphatic heterocycles. The van der Waals surface area contributed by atoms with Gasteiger partial charge in [-0.2, -0.15) is 0 Å². The predicted octanol–water partition coefficient (Wildman–Crippen LogP) is 3.14. The summed E-state index contributed by atoms with van der Waals surface area (Å²) in [6, 6.07) is 0. The van der Waals surface area contributed by atoms with Crippen molar-refractivity contribution in [2.24, 2.45) is 0 Å². The largest absolute Gasteiger partial charge is 0.460 e. The Kier molecular flexibility index (Phi) is 12.1. The first-order chi connectivity index (χ1) is 13.0. The van der Waals surface area contributed by atoms with E-state index in [2.05, 4.69) is 0 Å². The van der Waals surface area contributed by atoms with E-state index >= 15 is 0 Å². The normalized spacial score (nSPS) is 35.6. The van der Waals surface area contributed by atoms with Gasteiger partial charge in [0.1, 0.15) is 0 Å². The molecule has 0 aromatic rings. The van der Waals surface area contributed by atoms with Crippen LogP contribution >= 0.6 is 0 Å². The maximum absolute atomic E-state index is 11.7. The summed E-state index contributed by atoms with van der Waals surface area (Å²) in [6.45, 7) is 1.85. The average Bonchev–Trinajstić information content (AvgIpc) is 2.60. The number of allylic oxidation sites excluding steroid dienone is 5. The number of carbonyl (C=O) groups is 1. The van der Waals surface area contributed by atoms with Crippen LogP contribution in [0.3, 0.4) is 0 Å². The second kappa shape index (κ2) is 14.2. The second-order valence-electron chi connectivity index (χ2n) is 6.70. The van der Waals surface area contributed by atoms with Crippen LogP contribution in [0.2, 0.25) is 0 Å². The smallest absolute Gasteiger partial charge is 0.331 e.